The van der Waals surface area contributed by atoms with Crippen LogP contribution in [0.5, 0.6) is 0 Å². The van der Waals surface area contributed by atoms with Crippen molar-refractivity contribution in [1.29, 1.82) is 0 Å². The van der Waals surface area contributed by atoms with E-state index < -0.39 is 12.0 Å². The van der Waals surface area contributed by atoms with Crippen molar-refractivity contribution in [3.05, 3.63) is 153 Å². The Morgan fingerprint density at radius 1 is 0.520 bits per heavy atom. The molecule has 386 valence electrons. The fourth-order valence-electron chi connectivity index (χ4n) is 9.04. The first-order valence-corrected chi connectivity index (χ1v) is 26.7. The number of unbranched alkanes of at least 4 members (excludes halogenated alkanes) is 2. The number of hydrogen-bond acceptors (Lipinski definition) is 17. The first kappa shape index (κ1) is 52.0. The van der Waals surface area contributed by atoms with Crippen molar-refractivity contribution in [2.75, 3.05) is 21.3 Å². The summed E-state index contributed by atoms with van der Waals surface area (Å²) in [4.78, 5) is 51.7. The van der Waals surface area contributed by atoms with Gasteiger partial charge in [0.25, 0.3) is 0 Å². The minimum atomic E-state index is -0.876. The Labute approximate surface area is 440 Å². The molecule has 1 fully saturated rings. The number of aryl methyl sites for hydroxylation is 4. The SMILES string of the molecule is O=C(Cc1ccccc1)Nc1nnc(CCCCc2nnc(NC(=O)Cc3cccc(-c4cccc([C@@H](O)[C@@H]5CCCC[C@H]5C(=O)Nc5nnc(CCCCc6nnc(NC(=O)Cc7ccccc7)s6)s5)c4)c3)o2)o1. The molecule has 9 rings (SSSR count). The summed E-state index contributed by atoms with van der Waals surface area (Å²) >= 11 is 2.74. The summed E-state index contributed by atoms with van der Waals surface area (Å²) in [5, 5.41) is 58.6. The van der Waals surface area contributed by atoms with Gasteiger partial charge in [-0.2, -0.15) is 0 Å². The van der Waals surface area contributed by atoms with Crippen molar-refractivity contribution in [2.24, 2.45) is 11.8 Å². The van der Waals surface area contributed by atoms with Crippen molar-refractivity contribution in [2.45, 2.75) is 102 Å². The van der Waals surface area contributed by atoms with Crippen LogP contribution in [-0.4, -0.2) is 69.5 Å². The highest BCUT2D eigenvalue weighted by atomic mass is 32.1. The average molecular weight is 1050 g/mol. The van der Waals surface area contributed by atoms with Crippen molar-refractivity contribution < 1.29 is 33.1 Å². The van der Waals surface area contributed by atoms with E-state index in [0.29, 0.717) is 72.6 Å². The molecule has 0 aliphatic heterocycles. The lowest BCUT2D eigenvalue weighted by Gasteiger charge is -2.34. The number of benzene rings is 4. The largest absolute Gasteiger partial charge is 0.408 e. The predicted molar refractivity (Wildman–Crippen MR) is 282 cm³/mol. The van der Waals surface area contributed by atoms with E-state index in [1.165, 1.54) is 22.7 Å². The van der Waals surface area contributed by atoms with Gasteiger partial charge in [0, 0.05) is 37.5 Å². The molecule has 75 heavy (non-hydrogen) atoms. The van der Waals surface area contributed by atoms with Crippen LogP contribution in [0.25, 0.3) is 11.1 Å². The number of aliphatic hydroxyl groups is 1. The van der Waals surface area contributed by atoms with Gasteiger partial charge in [-0.1, -0.05) is 149 Å². The second kappa shape index (κ2) is 25.9. The quantitative estimate of drug-likeness (QED) is 0.0354. The number of carbonyl (C=O) groups is 4. The van der Waals surface area contributed by atoms with E-state index in [1.807, 2.05) is 109 Å². The minimum Gasteiger partial charge on any atom is -0.408 e. The summed E-state index contributed by atoms with van der Waals surface area (Å²) in [6.45, 7) is 0. The van der Waals surface area contributed by atoms with Gasteiger partial charge in [0.05, 0.1) is 25.4 Å². The molecule has 0 unspecified atom stereocenters. The Kier molecular flexibility index (Phi) is 17.9. The normalized spacial score (nSPS) is 14.7. The molecule has 8 aromatic rings. The number of amides is 4. The molecule has 1 aliphatic rings. The standard InChI is InChI=1S/C54H56N12O7S2/c67-42(30-34-15-3-1-4-16-34)55-51-63-59-45(72-51)25-9-10-26-46-60-64-52(73-46)56-43(68)32-36-19-13-20-37(29-36)38-21-14-22-39(33-38)49(70)40-23-7-8-24-41(40)50(71)58-54-66-62-48(75-54)28-12-11-27-47-61-65-53(74-47)57-44(69)31-35-17-5-2-6-18-35/h1-6,13-22,29,33,40-41,49,70H,7-12,23-28,30-32H2,(H,55,63,67)(H,56,64,68)(H,57,65,69)(H,58,66,71)/t40-,41-,49-/m1/s1. The molecule has 5 N–H and O–H groups in total. The zero-order chi connectivity index (χ0) is 51.8. The molecule has 21 heteroatoms. The van der Waals surface area contributed by atoms with E-state index in [-0.39, 0.29) is 60.8 Å². The summed E-state index contributed by atoms with van der Waals surface area (Å²) < 4.78 is 11.3. The van der Waals surface area contributed by atoms with Crippen LogP contribution in [0, 0.1) is 11.8 Å². The van der Waals surface area contributed by atoms with Crippen LogP contribution in [-0.2, 0) is 64.1 Å². The predicted octanol–water partition coefficient (Wildman–Crippen LogP) is 8.98. The molecule has 3 atom stereocenters. The maximum Gasteiger partial charge on any atom is 0.322 e. The van der Waals surface area contributed by atoms with E-state index >= 15 is 0 Å². The van der Waals surface area contributed by atoms with Gasteiger partial charge in [0.15, 0.2) is 0 Å². The van der Waals surface area contributed by atoms with Gasteiger partial charge in [-0.25, -0.2) is 0 Å². The lowest BCUT2D eigenvalue weighted by Crippen LogP contribution is -2.35. The van der Waals surface area contributed by atoms with Gasteiger partial charge in [-0.3, -0.25) is 29.8 Å². The van der Waals surface area contributed by atoms with Gasteiger partial charge in [0.2, 0.25) is 45.7 Å². The fraction of sp³-hybridized carbons (Fsp3) is 0.333. The summed E-state index contributed by atoms with van der Waals surface area (Å²) in [7, 11) is 0. The highest BCUT2D eigenvalue weighted by Crippen LogP contribution is 2.40. The van der Waals surface area contributed by atoms with Crippen molar-refractivity contribution >= 4 is 68.6 Å². The maximum atomic E-state index is 13.8. The summed E-state index contributed by atoms with van der Waals surface area (Å²) in [5.74, 6) is -0.785. The smallest absolute Gasteiger partial charge is 0.322 e. The second-order valence-corrected chi connectivity index (χ2v) is 20.5. The fourth-order valence-corrected chi connectivity index (χ4v) is 10.6. The first-order chi connectivity index (χ1) is 36.6. The third kappa shape index (κ3) is 15.3. The Morgan fingerprint density at radius 3 is 1.61 bits per heavy atom. The van der Waals surface area contributed by atoms with Gasteiger partial charge >= 0.3 is 12.0 Å². The Morgan fingerprint density at radius 2 is 1.01 bits per heavy atom. The van der Waals surface area contributed by atoms with Crippen molar-refractivity contribution in [3.8, 4) is 11.1 Å². The lowest BCUT2D eigenvalue weighted by atomic mass is 9.74. The number of aromatic nitrogens is 8. The molecular weight excluding hydrogens is 993 g/mol. The number of carbonyl (C=O) groups excluding carboxylic acids is 4. The summed E-state index contributed by atoms with van der Waals surface area (Å²) in [6, 6.07) is 34.3. The number of nitrogens with zero attached hydrogens (tertiary/aromatic N) is 8. The Balaban J connectivity index is 0.699. The van der Waals surface area contributed by atoms with Crippen LogP contribution < -0.4 is 21.3 Å². The lowest BCUT2D eigenvalue weighted by molar-refractivity contribution is -0.125. The highest BCUT2D eigenvalue weighted by molar-refractivity contribution is 7.15. The molecule has 4 aromatic carbocycles. The van der Waals surface area contributed by atoms with Gasteiger partial charge in [-0.05, 0) is 78.0 Å². The Bertz CT molecular complexity index is 3160. The van der Waals surface area contributed by atoms with Crippen LogP contribution in [0.2, 0.25) is 0 Å². The number of aliphatic hydroxyl groups excluding tert-OH is 1. The molecule has 0 bridgehead atoms. The monoisotopic (exact) mass is 1050 g/mol. The molecule has 0 saturated heterocycles. The van der Waals surface area contributed by atoms with Gasteiger partial charge < -0.3 is 24.6 Å². The number of anilines is 4. The van der Waals surface area contributed by atoms with E-state index in [9.17, 15) is 24.3 Å². The molecule has 1 aliphatic carbocycles. The van der Waals surface area contributed by atoms with E-state index in [2.05, 4.69) is 62.1 Å². The van der Waals surface area contributed by atoms with Gasteiger partial charge in [0.1, 0.15) is 10.0 Å². The average Bonchev–Trinajstić information content (AvgIpc) is 4.27. The molecule has 19 nitrogen and oxygen atoms in total. The molecule has 0 spiro atoms. The van der Waals surface area contributed by atoms with Crippen LogP contribution in [0.1, 0.15) is 102 Å². The zero-order valence-electron chi connectivity index (χ0n) is 41.0. The minimum absolute atomic E-state index is 0.0102. The number of rotatable bonds is 24. The highest BCUT2D eigenvalue weighted by Gasteiger charge is 2.37. The number of hydrogen-bond donors (Lipinski definition) is 5. The molecule has 4 heterocycles. The zero-order valence-corrected chi connectivity index (χ0v) is 42.7. The summed E-state index contributed by atoms with van der Waals surface area (Å²) in [5.41, 5.74) is 5.04. The van der Waals surface area contributed by atoms with Crippen LogP contribution in [0.4, 0.5) is 22.3 Å². The van der Waals surface area contributed by atoms with E-state index in [4.69, 9.17) is 8.83 Å². The topological polar surface area (TPSA) is 266 Å². The summed E-state index contributed by atoms with van der Waals surface area (Å²) in [6.07, 6.45) is 8.27. The third-order valence-corrected chi connectivity index (χ3v) is 14.5. The van der Waals surface area contributed by atoms with Crippen LogP contribution in [0.3, 0.4) is 0 Å². The Hall–Kier alpha value is -7.88. The number of nitrogens with one attached hydrogen (secondary N) is 4. The van der Waals surface area contributed by atoms with Crippen LogP contribution >= 0.6 is 22.7 Å². The van der Waals surface area contributed by atoms with E-state index in [0.717, 1.165) is 69.9 Å². The molecule has 4 aromatic heterocycles. The maximum absolute atomic E-state index is 13.8. The van der Waals surface area contributed by atoms with Crippen LogP contribution in [0.15, 0.2) is 118 Å². The molecule has 1 saturated carbocycles. The molecular formula is C54H56N12O7S2. The van der Waals surface area contributed by atoms with Crippen molar-refractivity contribution in [1.82, 2.24) is 40.8 Å². The second-order valence-electron chi connectivity index (χ2n) is 18.4. The third-order valence-electron chi connectivity index (χ3n) is 12.7. The van der Waals surface area contributed by atoms with E-state index in [1.54, 1.807) is 0 Å². The van der Waals surface area contributed by atoms with Crippen molar-refractivity contribution in [3.63, 3.8) is 0 Å². The molecule has 0 radical (unpaired) electrons. The molecule has 4 amide bonds. The first-order valence-electron chi connectivity index (χ1n) is 25.1. The van der Waals surface area contributed by atoms with Gasteiger partial charge in [-0.15, -0.1) is 30.6 Å².